The van der Waals surface area contributed by atoms with Crippen LogP contribution in [0.1, 0.15) is 34.4 Å². The summed E-state index contributed by atoms with van der Waals surface area (Å²) in [5.41, 5.74) is 7.36. The lowest BCUT2D eigenvalue weighted by Crippen LogP contribution is -2.19. The van der Waals surface area contributed by atoms with Crippen LogP contribution >= 0.6 is 0 Å². The number of aromatic nitrogens is 2. The van der Waals surface area contributed by atoms with Crippen LogP contribution in [0.2, 0.25) is 0 Å². The second kappa shape index (κ2) is 6.95. The Labute approximate surface area is 158 Å². The summed E-state index contributed by atoms with van der Waals surface area (Å²) in [6.45, 7) is 1.84. The van der Waals surface area contributed by atoms with E-state index in [1.54, 1.807) is 11.6 Å². The van der Waals surface area contributed by atoms with Crippen LogP contribution in [0.15, 0.2) is 53.6 Å². The van der Waals surface area contributed by atoms with Gasteiger partial charge in [0, 0.05) is 50.0 Å². The molecule has 3 aromatic rings. The van der Waals surface area contributed by atoms with Crippen molar-refractivity contribution in [3.8, 4) is 11.1 Å². The molecule has 0 spiro atoms. The summed E-state index contributed by atoms with van der Waals surface area (Å²) in [5.74, 6) is 0.294. The summed E-state index contributed by atoms with van der Waals surface area (Å²) in [7, 11) is 1.78. The number of rotatable bonds is 3. The van der Waals surface area contributed by atoms with E-state index in [1.807, 2.05) is 43.6 Å². The SMILES string of the molecule is Cc1cc(-c2cc3c(cc2Cc2ccccn2)CCC(=O)C3)cn(C)c1=O. The number of benzene rings is 1. The van der Waals surface area contributed by atoms with Crippen LogP contribution < -0.4 is 5.56 Å². The van der Waals surface area contributed by atoms with Gasteiger partial charge >= 0.3 is 0 Å². The molecule has 0 saturated heterocycles. The van der Waals surface area contributed by atoms with E-state index in [-0.39, 0.29) is 5.56 Å². The van der Waals surface area contributed by atoms with Crippen molar-refractivity contribution >= 4 is 5.78 Å². The monoisotopic (exact) mass is 358 g/mol. The molecule has 4 heteroatoms. The molecule has 0 saturated carbocycles. The molecule has 1 aliphatic carbocycles. The molecule has 2 heterocycles. The zero-order valence-corrected chi connectivity index (χ0v) is 15.7. The summed E-state index contributed by atoms with van der Waals surface area (Å²) in [6.07, 6.45) is 6.33. The first kappa shape index (κ1) is 17.4. The van der Waals surface area contributed by atoms with E-state index in [2.05, 4.69) is 17.1 Å². The van der Waals surface area contributed by atoms with E-state index < -0.39 is 0 Å². The summed E-state index contributed by atoms with van der Waals surface area (Å²) < 4.78 is 1.62. The van der Waals surface area contributed by atoms with E-state index in [0.717, 1.165) is 35.2 Å². The minimum absolute atomic E-state index is 0.0122. The number of pyridine rings is 2. The third-order valence-electron chi connectivity index (χ3n) is 5.26. The number of hydrogen-bond donors (Lipinski definition) is 0. The van der Waals surface area contributed by atoms with Gasteiger partial charge in [-0.2, -0.15) is 0 Å². The molecule has 0 aliphatic heterocycles. The number of fused-ring (bicyclic) bond motifs is 1. The highest BCUT2D eigenvalue weighted by Crippen LogP contribution is 2.31. The lowest BCUT2D eigenvalue weighted by Gasteiger charge is -2.20. The van der Waals surface area contributed by atoms with Gasteiger partial charge in [0.15, 0.2) is 0 Å². The van der Waals surface area contributed by atoms with Crippen molar-refractivity contribution in [2.45, 2.75) is 32.6 Å². The van der Waals surface area contributed by atoms with Crippen LogP contribution in [-0.4, -0.2) is 15.3 Å². The zero-order chi connectivity index (χ0) is 19.0. The van der Waals surface area contributed by atoms with Gasteiger partial charge < -0.3 is 4.57 Å². The molecule has 136 valence electrons. The van der Waals surface area contributed by atoms with Gasteiger partial charge in [-0.1, -0.05) is 18.2 Å². The highest BCUT2D eigenvalue weighted by molar-refractivity contribution is 5.84. The maximum absolute atomic E-state index is 12.1. The first-order valence-corrected chi connectivity index (χ1v) is 9.25. The number of aryl methyl sites for hydroxylation is 3. The third kappa shape index (κ3) is 3.47. The minimum Gasteiger partial charge on any atom is -0.318 e. The minimum atomic E-state index is 0.0122. The number of Topliss-reactive ketones (excluding diaryl/α,β-unsaturated/α-hetero) is 1. The van der Waals surface area contributed by atoms with Crippen LogP contribution in [0, 0.1) is 6.92 Å². The Morgan fingerprint density at radius 1 is 1.07 bits per heavy atom. The Hall–Kier alpha value is -3.01. The molecule has 4 rings (SSSR count). The van der Waals surface area contributed by atoms with Gasteiger partial charge in [-0.15, -0.1) is 0 Å². The van der Waals surface area contributed by atoms with Gasteiger partial charge in [0.25, 0.3) is 5.56 Å². The van der Waals surface area contributed by atoms with E-state index >= 15 is 0 Å². The summed E-state index contributed by atoms with van der Waals surface area (Å²) in [4.78, 5) is 28.5. The molecule has 0 amide bonds. The molecule has 4 nitrogen and oxygen atoms in total. The lowest BCUT2D eigenvalue weighted by molar-refractivity contribution is -0.118. The zero-order valence-electron chi connectivity index (χ0n) is 15.7. The topological polar surface area (TPSA) is 52.0 Å². The Morgan fingerprint density at radius 3 is 2.67 bits per heavy atom. The second-order valence-corrected chi connectivity index (χ2v) is 7.32. The van der Waals surface area contributed by atoms with Crippen molar-refractivity contribution in [2.75, 3.05) is 0 Å². The summed E-state index contributed by atoms with van der Waals surface area (Å²) in [5, 5.41) is 0. The molecule has 0 atom stereocenters. The lowest BCUT2D eigenvalue weighted by atomic mass is 9.85. The fourth-order valence-corrected chi connectivity index (χ4v) is 3.85. The molecule has 0 N–H and O–H groups in total. The second-order valence-electron chi connectivity index (χ2n) is 7.32. The summed E-state index contributed by atoms with van der Waals surface area (Å²) in [6, 6.07) is 12.3. The van der Waals surface area contributed by atoms with Crippen LogP contribution in [0.4, 0.5) is 0 Å². The Balaban J connectivity index is 1.88. The number of carbonyl (C=O) groups excluding carboxylic acids is 1. The highest BCUT2D eigenvalue weighted by Gasteiger charge is 2.19. The van der Waals surface area contributed by atoms with Crippen molar-refractivity contribution < 1.29 is 4.79 Å². The van der Waals surface area contributed by atoms with Crippen LogP contribution in [0.3, 0.4) is 0 Å². The van der Waals surface area contributed by atoms with Crippen molar-refractivity contribution in [1.82, 2.24) is 9.55 Å². The molecule has 2 aromatic heterocycles. The van der Waals surface area contributed by atoms with Crippen molar-refractivity contribution in [2.24, 2.45) is 7.05 Å². The quantitative estimate of drug-likeness (QED) is 0.721. The molecule has 0 unspecified atom stereocenters. The van der Waals surface area contributed by atoms with Gasteiger partial charge in [-0.3, -0.25) is 14.6 Å². The van der Waals surface area contributed by atoms with Gasteiger partial charge in [-0.05, 0) is 59.4 Å². The van der Waals surface area contributed by atoms with E-state index in [4.69, 9.17) is 0 Å². The predicted octanol–water partition coefficient (Wildman–Crippen LogP) is 3.40. The van der Waals surface area contributed by atoms with E-state index in [9.17, 15) is 9.59 Å². The maximum atomic E-state index is 12.1. The van der Waals surface area contributed by atoms with Crippen LogP contribution in [-0.2, 0) is 31.1 Å². The Bertz CT molecular complexity index is 1060. The maximum Gasteiger partial charge on any atom is 0.253 e. The van der Waals surface area contributed by atoms with Crippen LogP contribution in [0.5, 0.6) is 0 Å². The fraction of sp³-hybridized carbons (Fsp3) is 0.261. The van der Waals surface area contributed by atoms with Gasteiger partial charge in [0.05, 0.1) is 0 Å². The molecule has 1 aliphatic rings. The van der Waals surface area contributed by atoms with Crippen molar-refractivity contribution in [3.05, 3.63) is 87.1 Å². The number of carbonyl (C=O) groups is 1. The fourth-order valence-electron chi connectivity index (χ4n) is 3.85. The first-order valence-electron chi connectivity index (χ1n) is 9.25. The van der Waals surface area contributed by atoms with Crippen molar-refractivity contribution in [1.29, 1.82) is 0 Å². The molecular weight excluding hydrogens is 336 g/mol. The van der Waals surface area contributed by atoms with Gasteiger partial charge in [0.2, 0.25) is 0 Å². The van der Waals surface area contributed by atoms with Gasteiger partial charge in [0.1, 0.15) is 5.78 Å². The number of hydrogen-bond acceptors (Lipinski definition) is 3. The normalized spacial score (nSPS) is 13.5. The average Bonchev–Trinajstić information content (AvgIpc) is 2.66. The largest absolute Gasteiger partial charge is 0.318 e. The molecular formula is C23H22N2O2. The molecule has 0 fully saturated rings. The number of nitrogens with zero attached hydrogens (tertiary/aromatic N) is 2. The molecule has 0 bridgehead atoms. The Morgan fingerprint density at radius 2 is 1.93 bits per heavy atom. The highest BCUT2D eigenvalue weighted by atomic mass is 16.1. The third-order valence-corrected chi connectivity index (χ3v) is 5.26. The number of ketones is 1. The summed E-state index contributed by atoms with van der Waals surface area (Å²) >= 11 is 0. The predicted molar refractivity (Wildman–Crippen MR) is 106 cm³/mol. The standard InChI is InChI=1S/C23H22N2O2/c1-15-9-19(14-25(2)23(15)27)22-13-17-12-21(26)7-6-16(17)10-18(22)11-20-5-3-4-8-24-20/h3-5,8-10,13-14H,6-7,11-12H2,1-2H3. The average molecular weight is 358 g/mol. The molecule has 27 heavy (non-hydrogen) atoms. The first-order chi connectivity index (χ1) is 13.0. The Kier molecular flexibility index (Phi) is 4.48. The van der Waals surface area contributed by atoms with E-state index in [1.165, 1.54) is 11.1 Å². The van der Waals surface area contributed by atoms with Crippen molar-refractivity contribution in [3.63, 3.8) is 0 Å². The van der Waals surface area contributed by atoms with E-state index in [0.29, 0.717) is 24.2 Å². The molecule has 0 radical (unpaired) electrons. The smallest absolute Gasteiger partial charge is 0.253 e. The van der Waals surface area contributed by atoms with Crippen LogP contribution in [0.25, 0.3) is 11.1 Å². The van der Waals surface area contributed by atoms with Gasteiger partial charge in [-0.25, -0.2) is 0 Å². The molecule has 1 aromatic carbocycles.